The van der Waals surface area contributed by atoms with Crippen LogP contribution in [-0.2, 0) is 0 Å². The number of aromatic nitrogens is 2. The van der Waals surface area contributed by atoms with Crippen LogP contribution in [0.3, 0.4) is 0 Å². The fraction of sp³-hybridized carbons (Fsp3) is 0.222. The zero-order valence-electron chi connectivity index (χ0n) is 15.2. The predicted molar refractivity (Wildman–Crippen MR) is 102 cm³/mol. The van der Waals surface area contributed by atoms with Gasteiger partial charge in [-0.05, 0) is 24.3 Å². The molecule has 0 unspecified atom stereocenters. The number of non-ortho nitro benzene ring substituents is 1. The molecule has 0 spiro atoms. The average Bonchev–Trinajstić information content (AvgIpc) is 3.20. The molecular weight excluding hydrogens is 386 g/mol. The van der Waals surface area contributed by atoms with E-state index in [4.69, 9.17) is 18.6 Å². The Kier molecular flexibility index (Phi) is 6.33. The van der Waals surface area contributed by atoms with Gasteiger partial charge in [0.1, 0.15) is 5.75 Å². The van der Waals surface area contributed by atoms with Crippen LogP contribution in [0.2, 0.25) is 0 Å². The van der Waals surface area contributed by atoms with E-state index in [1.807, 2.05) is 0 Å². The van der Waals surface area contributed by atoms with E-state index in [1.165, 1.54) is 23.9 Å². The Labute approximate surface area is 164 Å². The Hall–Kier alpha value is -3.27. The molecule has 0 aliphatic carbocycles. The summed E-state index contributed by atoms with van der Waals surface area (Å²) >= 11 is 1.33. The molecule has 2 aromatic carbocycles. The van der Waals surface area contributed by atoms with Crippen molar-refractivity contribution in [2.45, 2.75) is 5.22 Å². The summed E-state index contributed by atoms with van der Waals surface area (Å²) in [5.74, 6) is 2.52. The highest BCUT2D eigenvalue weighted by Crippen LogP contribution is 2.32. The van der Waals surface area contributed by atoms with E-state index < -0.39 is 4.92 Å². The highest BCUT2D eigenvalue weighted by Gasteiger charge is 2.13. The number of rotatable bonds is 9. The lowest BCUT2D eigenvalue weighted by molar-refractivity contribution is -0.384. The SMILES string of the molecule is COc1ccc(-c2nnc(SCCOc3cccc([N+](=O)[O-])c3)o2)cc1OC. The molecule has 10 heteroatoms. The second-order valence-corrected chi connectivity index (χ2v) is 6.44. The fourth-order valence-corrected chi connectivity index (χ4v) is 2.91. The van der Waals surface area contributed by atoms with Gasteiger partial charge in [-0.25, -0.2) is 0 Å². The van der Waals surface area contributed by atoms with Crippen molar-refractivity contribution in [3.05, 3.63) is 52.6 Å². The Morgan fingerprint density at radius 2 is 1.93 bits per heavy atom. The van der Waals surface area contributed by atoms with Crippen molar-refractivity contribution in [3.63, 3.8) is 0 Å². The van der Waals surface area contributed by atoms with Crippen molar-refractivity contribution in [1.29, 1.82) is 0 Å². The first-order chi connectivity index (χ1) is 13.6. The number of nitrogens with zero attached hydrogens (tertiary/aromatic N) is 3. The second-order valence-electron chi connectivity index (χ2n) is 5.39. The molecule has 0 aliphatic rings. The highest BCUT2D eigenvalue weighted by molar-refractivity contribution is 7.99. The lowest BCUT2D eigenvalue weighted by Gasteiger charge is -2.07. The van der Waals surface area contributed by atoms with Crippen molar-refractivity contribution in [1.82, 2.24) is 10.2 Å². The summed E-state index contributed by atoms with van der Waals surface area (Å²) in [6, 6.07) is 11.4. The van der Waals surface area contributed by atoms with E-state index in [0.29, 0.717) is 46.3 Å². The normalized spacial score (nSPS) is 10.5. The van der Waals surface area contributed by atoms with E-state index >= 15 is 0 Å². The number of methoxy groups -OCH3 is 2. The van der Waals surface area contributed by atoms with Gasteiger partial charge in [0, 0.05) is 17.4 Å². The van der Waals surface area contributed by atoms with Crippen LogP contribution >= 0.6 is 11.8 Å². The van der Waals surface area contributed by atoms with Crippen LogP contribution in [0.1, 0.15) is 0 Å². The predicted octanol–water partition coefficient (Wildman–Crippen LogP) is 3.83. The Bertz CT molecular complexity index is 962. The van der Waals surface area contributed by atoms with Crippen molar-refractivity contribution in [2.75, 3.05) is 26.6 Å². The molecule has 1 aromatic heterocycles. The first-order valence-corrected chi connectivity index (χ1v) is 9.15. The number of nitro groups is 1. The largest absolute Gasteiger partial charge is 0.493 e. The van der Waals surface area contributed by atoms with Gasteiger partial charge in [-0.3, -0.25) is 10.1 Å². The fourth-order valence-electron chi connectivity index (χ4n) is 2.33. The summed E-state index contributed by atoms with van der Waals surface area (Å²) in [5, 5.41) is 19.2. The maximum absolute atomic E-state index is 10.8. The third-order valence-electron chi connectivity index (χ3n) is 3.64. The minimum Gasteiger partial charge on any atom is -0.493 e. The molecule has 9 nitrogen and oxygen atoms in total. The minimum atomic E-state index is -0.463. The van der Waals surface area contributed by atoms with Gasteiger partial charge in [0.2, 0.25) is 5.89 Å². The molecule has 0 radical (unpaired) electrons. The highest BCUT2D eigenvalue weighted by atomic mass is 32.2. The van der Waals surface area contributed by atoms with Gasteiger partial charge in [0.15, 0.2) is 11.5 Å². The van der Waals surface area contributed by atoms with Gasteiger partial charge in [0.05, 0.1) is 31.8 Å². The number of hydrogen-bond donors (Lipinski definition) is 0. The molecule has 0 saturated carbocycles. The molecular formula is C18H17N3O6S. The third kappa shape index (κ3) is 4.71. The van der Waals surface area contributed by atoms with E-state index in [9.17, 15) is 10.1 Å². The van der Waals surface area contributed by atoms with Crippen LogP contribution in [0.25, 0.3) is 11.5 Å². The molecule has 0 N–H and O–H groups in total. The molecule has 0 fully saturated rings. The lowest BCUT2D eigenvalue weighted by atomic mass is 10.2. The van der Waals surface area contributed by atoms with E-state index in [2.05, 4.69) is 10.2 Å². The summed E-state index contributed by atoms with van der Waals surface area (Å²) in [6.45, 7) is 0.333. The van der Waals surface area contributed by atoms with Crippen LogP contribution in [0.15, 0.2) is 52.1 Å². The van der Waals surface area contributed by atoms with E-state index in [-0.39, 0.29) is 5.69 Å². The number of hydrogen-bond acceptors (Lipinski definition) is 9. The summed E-state index contributed by atoms with van der Waals surface area (Å²) in [4.78, 5) is 10.3. The number of ether oxygens (including phenoxy) is 3. The monoisotopic (exact) mass is 403 g/mol. The van der Waals surface area contributed by atoms with E-state index in [0.717, 1.165) is 0 Å². The van der Waals surface area contributed by atoms with Crippen LogP contribution < -0.4 is 14.2 Å². The summed E-state index contributed by atoms with van der Waals surface area (Å²) < 4.78 is 21.6. The molecule has 1 heterocycles. The maximum Gasteiger partial charge on any atom is 0.276 e. The summed E-state index contributed by atoms with van der Waals surface area (Å²) in [6.07, 6.45) is 0. The Morgan fingerprint density at radius 1 is 1.11 bits per heavy atom. The van der Waals surface area contributed by atoms with E-state index in [1.54, 1.807) is 44.6 Å². The standard InChI is InChI=1S/C18H17N3O6S/c1-24-15-7-6-12(10-16(15)25-2)17-19-20-18(27-17)28-9-8-26-14-5-3-4-13(11-14)21(22)23/h3-7,10-11H,8-9H2,1-2H3. The molecule has 0 saturated heterocycles. The Morgan fingerprint density at radius 3 is 2.68 bits per heavy atom. The minimum absolute atomic E-state index is 0.0124. The molecule has 0 amide bonds. The van der Waals surface area contributed by atoms with Gasteiger partial charge >= 0.3 is 0 Å². The summed E-state index contributed by atoms with van der Waals surface area (Å²) in [5.41, 5.74) is 0.700. The topological polar surface area (TPSA) is 110 Å². The van der Waals surface area contributed by atoms with Crippen LogP contribution in [0.5, 0.6) is 17.2 Å². The van der Waals surface area contributed by atoms with Crippen LogP contribution in [0, 0.1) is 10.1 Å². The molecule has 146 valence electrons. The molecule has 3 rings (SSSR count). The molecule has 0 atom stereocenters. The van der Waals surface area contributed by atoms with Crippen molar-refractivity contribution in [3.8, 4) is 28.7 Å². The van der Waals surface area contributed by atoms with Gasteiger partial charge in [-0.2, -0.15) is 0 Å². The zero-order chi connectivity index (χ0) is 19.9. The zero-order valence-corrected chi connectivity index (χ0v) is 16.0. The quantitative estimate of drug-likeness (QED) is 0.228. The molecule has 28 heavy (non-hydrogen) atoms. The summed E-state index contributed by atoms with van der Waals surface area (Å²) in [7, 11) is 3.12. The number of benzene rings is 2. The van der Waals surface area contributed by atoms with Crippen LogP contribution in [-0.4, -0.2) is 41.7 Å². The lowest BCUT2D eigenvalue weighted by Crippen LogP contribution is -2.00. The first-order valence-electron chi connectivity index (χ1n) is 8.16. The van der Waals surface area contributed by atoms with Crippen LogP contribution in [0.4, 0.5) is 5.69 Å². The Balaban J connectivity index is 1.55. The van der Waals surface area contributed by atoms with Gasteiger partial charge in [-0.15, -0.1) is 10.2 Å². The van der Waals surface area contributed by atoms with Gasteiger partial charge in [0.25, 0.3) is 10.9 Å². The second kappa shape index (κ2) is 9.09. The van der Waals surface area contributed by atoms with Crippen molar-refractivity contribution < 1.29 is 23.6 Å². The molecule has 3 aromatic rings. The smallest absolute Gasteiger partial charge is 0.276 e. The van der Waals surface area contributed by atoms with Crippen molar-refractivity contribution in [2.24, 2.45) is 0 Å². The van der Waals surface area contributed by atoms with Gasteiger partial charge in [-0.1, -0.05) is 17.8 Å². The first kappa shape index (κ1) is 19.5. The number of thioether (sulfide) groups is 1. The number of nitro benzene ring substituents is 1. The third-order valence-corrected chi connectivity index (χ3v) is 4.43. The van der Waals surface area contributed by atoms with Crippen molar-refractivity contribution >= 4 is 17.4 Å². The maximum atomic E-state index is 10.8. The van der Waals surface area contributed by atoms with Gasteiger partial charge < -0.3 is 18.6 Å². The molecule has 0 aliphatic heterocycles. The average molecular weight is 403 g/mol. The molecule has 0 bridgehead atoms.